The smallest absolute Gasteiger partial charge is 0.205 e. The van der Waals surface area contributed by atoms with Gasteiger partial charge in [-0.15, -0.1) is 0 Å². The fourth-order valence-corrected chi connectivity index (χ4v) is 2.51. The van der Waals surface area contributed by atoms with Crippen LogP contribution in [-0.4, -0.2) is 31.8 Å². The number of nitrogens with zero attached hydrogens (tertiary/aromatic N) is 1. The summed E-state index contributed by atoms with van der Waals surface area (Å²) < 4.78 is 5.28. The first-order valence-electron chi connectivity index (χ1n) is 7.52. The van der Waals surface area contributed by atoms with Crippen LogP contribution in [-0.2, 0) is 4.74 Å². The molecule has 3 unspecified atom stereocenters. The fourth-order valence-electron chi connectivity index (χ4n) is 2.51. The number of ether oxygens (including phenoxy) is 1. The lowest BCUT2D eigenvalue weighted by atomic mass is 9.79. The summed E-state index contributed by atoms with van der Waals surface area (Å²) in [5.41, 5.74) is 2.66. The number of guanidine groups is 1. The Morgan fingerprint density at radius 1 is 1.32 bits per heavy atom. The molecule has 0 aliphatic heterocycles. The molecule has 1 saturated carbocycles. The van der Waals surface area contributed by atoms with Gasteiger partial charge in [-0.1, -0.05) is 13.8 Å². The van der Waals surface area contributed by atoms with Crippen molar-refractivity contribution < 1.29 is 4.74 Å². The van der Waals surface area contributed by atoms with Crippen molar-refractivity contribution in [2.24, 2.45) is 22.7 Å². The van der Waals surface area contributed by atoms with E-state index in [1.165, 1.54) is 19.3 Å². The van der Waals surface area contributed by atoms with E-state index in [1.54, 1.807) is 0 Å². The van der Waals surface area contributed by atoms with Crippen molar-refractivity contribution in [3.8, 4) is 0 Å². The van der Waals surface area contributed by atoms with Gasteiger partial charge in [-0.2, -0.15) is 0 Å². The van der Waals surface area contributed by atoms with E-state index in [-0.39, 0.29) is 0 Å². The molecule has 1 rings (SSSR count). The lowest BCUT2D eigenvalue weighted by Crippen LogP contribution is -2.48. The van der Waals surface area contributed by atoms with Crippen molar-refractivity contribution in [3.05, 3.63) is 0 Å². The summed E-state index contributed by atoms with van der Waals surface area (Å²) in [6.45, 7) is 8.93. The van der Waals surface area contributed by atoms with Crippen LogP contribution in [0.15, 0.2) is 4.99 Å². The Bertz CT molecular complexity index is 270. The average Bonchev–Trinajstić information content (AvgIpc) is 2.41. The van der Waals surface area contributed by atoms with E-state index < -0.39 is 0 Å². The fraction of sp³-hybridized carbons (Fsp3) is 0.929. The molecule has 1 fully saturated rings. The highest BCUT2D eigenvalue weighted by Gasteiger charge is 2.24. The van der Waals surface area contributed by atoms with E-state index in [1.807, 2.05) is 6.92 Å². The SMILES string of the molecule is CCOCCCN=C(NN)NC1CCC(C)C(C)C1. The maximum absolute atomic E-state index is 5.52. The Labute approximate surface area is 117 Å². The number of hydrogen-bond acceptors (Lipinski definition) is 3. The van der Waals surface area contributed by atoms with E-state index in [4.69, 9.17) is 10.6 Å². The second-order valence-corrected chi connectivity index (χ2v) is 5.53. The van der Waals surface area contributed by atoms with Gasteiger partial charge in [0.2, 0.25) is 5.96 Å². The molecule has 3 atom stereocenters. The third-order valence-electron chi connectivity index (χ3n) is 4.00. The highest BCUT2D eigenvalue weighted by Crippen LogP contribution is 2.29. The lowest BCUT2D eigenvalue weighted by Gasteiger charge is -2.33. The molecular weight excluding hydrogens is 240 g/mol. The van der Waals surface area contributed by atoms with Gasteiger partial charge in [0, 0.05) is 25.8 Å². The maximum atomic E-state index is 5.52. The number of rotatable bonds is 6. The number of hydrazine groups is 1. The lowest BCUT2D eigenvalue weighted by molar-refractivity contribution is 0.146. The predicted octanol–water partition coefficient (Wildman–Crippen LogP) is 1.65. The summed E-state index contributed by atoms with van der Waals surface area (Å²) in [6, 6.07) is 0.493. The van der Waals surface area contributed by atoms with Gasteiger partial charge in [0.25, 0.3) is 0 Å². The van der Waals surface area contributed by atoms with Crippen LogP contribution in [0.4, 0.5) is 0 Å². The predicted molar refractivity (Wildman–Crippen MR) is 79.8 cm³/mol. The van der Waals surface area contributed by atoms with E-state index in [9.17, 15) is 0 Å². The first kappa shape index (κ1) is 16.2. The molecule has 19 heavy (non-hydrogen) atoms. The van der Waals surface area contributed by atoms with Gasteiger partial charge in [-0.3, -0.25) is 10.4 Å². The standard InChI is InChI=1S/C14H30N4O/c1-4-19-9-5-8-16-14(18-15)17-13-7-6-11(2)12(3)10-13/h11-13H,4-10,15H2,1-3H3,(H2,16,17,18). The van der Waals surface area contributed by atoms with Crippen molar-refractivity contribution in [2.45, 2.75) is 52.5 Å². The molecule has 1 aliphatic carbocycles. The molecule has 4 N–H and O–H groups in total. The van der Waals surface area contributed by atoms with E-state index in [0.717, 1.165) is 38.0 Å². The first-order chi connectivity index (χ1) is 9.17. The topological polar surface area (TPSA) is 71.7 Å². The van der Waals surface area contributed by atoms with Crippen LogP contribution < -0.4 is 16.6 Å². The van der Waals surface area contributed by atoms with Crippen LogP contribution in [0.25, 0.3) is 0 Å². The molecule has 0 radical (unpaired) electrons. The van der Waals surface area contributed by atoms with Gasteiger partial charge in [0.1, 0.15) is 0 Å². The minimum absolute atomic E-state index is 0.493. The minimum Gasteiger partial charge on any atom is -0.382 e. The molecule has 0 aromatic heterocycles. The third-order valence-corrected chi connectivity index (χ3v) is 4.00. The summed E-state index contributed by atoms with van der Waals surface area (Å²) in [6.07, 6.45) is 4.60. The average molecular weight is 270 g/mol. The molecule has 5 nitrogen and oxygen atoms in total. The number of nitrogens with two attached hydrogens (primary N) is 1. The van der Waals surface area contributed by atoms with Crippen LogP contribution in [0.1, 0.15) is 46.5 Å². The molecular formula is C14H30N4O. The van der Waals surface area contributed by atoms with Crippen LogP contribution in [0.3, 0.4) is 0 Å². The molecule has 0 aromatic carbocycles. The normalized spacial score (nSPS) is 28.2. The van der Waals surface area contributed by atoms with Crippen molar-refractivity contribution in [3.63, 3.8) is 0 Å². The monoisotopic (exact) mass is 270 g/mol. The van der Waals surface area contributed by atoms with Crippen molar-refractivity contribution in [2.75, 3.05) is 19.8 Å². The largest absolute Gasteiger partial charge is 0.382 e. The minimum atomic E-state index is 0.493. The van der Waals surface area contributed by atoms with Gasteiger partial charge in [0.05, 0.1) is 0 Å². The zero-order chi connectivity index (χ0) is 14.1. The van der Waals surface area contributed by atoms with Crippen molar-refractivity contribution in [1.29, 1.82) is 0 Å². The first-order valence-corrected chi connectivity index (χ1v) is 7.52. The van der Waals surface area contributed by atoms with Gasteiger partial charge >= 0.3 is 0 Å². The van der Waals surface area contributed by atoms with Crippen molar-refractivity contribution in [1.82, 2.24) is 10.7 Å². The van der Waals surface area contributed by atoms with E-state index in [0.29, 0.717) is 12.0 Å². The highest BCUT2D eigenvalue weighted by atomic mass is 16.5. The molecule has 1 aliphatic rings. The quantitative estimate of drug-likeness (QED) is 0.226. The number of nitrogens with one attached hydrogen (secondary N) is 2. The number of hydrogen-bond donors (Lipinski definition) is 3. The van der Waals surface area contributed by atoms with Gasteiger partial charge < -0.3 is 10.1 Å². The molecule has 5 heteroatoms. The summed E-state index contributed by atoms with van der Waals surface area (Å²) in [4.78, 5) is 4.44. The maximum Gasteiger partial charge on any atom is 0.205 e. The molecule has 0 bridgehead atoms. The van der Waals surface area contributed by atoms with Crippen LogP contribution in [0.5, 0.6) is 0 Å². The second-order valence-electron chi connectivity index (χ2n) is 5.53. The van der Waals surface area contributed by atoms with Crippen LogP contribution >= 0.6 is 0 Å². The van der Waals surface area contributed by atoms with Crippen molar-refractivity contribution >= 4 is 5.96 Å². The van der Waals surface area contributed by atoms with E-state index >= 15 is 0 Å². The number of aliphatic imine (C=N–C) groups is 1. The summed E-state index contributed by atoms with van der Waals surface area (Å²) >= 11 is 0. The Kier molecular flexibility index (Phi) is 7.82. The van der Waals surface area contributed by atoms with Gasteiger partial charge in [0.15, 0.2) is 0 Å². The van der Waals surface area contributed by atoms with E-state index in [2.05, 4.69) is 29.6 Å². The molecule has 112 valence electrons. The molecule has 0 heterocycles. The Hall–Kier alpha value is -0.810. The van der Waals surface area contributed by atoms with Gasteiger partial charge in [-0.25, -0.2) is 5.84 Å². The van der Waals surface area contributed by atoms with Crippen LogP contribution in [0, 0.1) is 11.8 Å². The summed E-state index contributed by atoms with van der Waals surface area (Å²) in [7, 11) is 0. The van der Waals surface area contributed by atoms with Crippen LogP contribution in [0.2, 0.25) is 0 Å². The zero-order valence-corrected chi connectivity index (χ0v) is 12.6. The Morgan fingerprint density at radius 2 is 2.11 bits per heavy atom. The summed E-state index contributed by atoms with van der Waals surface area (Å²) in [5.74, 6) is 7.83. The molecule has 0 aromatic rings. The molecule has 0 saturated heterocycles. The third kappa shape index (κ3) is 6.25. The Morgan fingerprint density at radius 3 is 2.74 bits per heavy atom. The molecule has 0 spiro atoms. The second kappa shape index (κ2) is 9.15. The van der Waals surface area contributed by atoms with Gasteiger partial charge in [-0.05, 0) is 44.4 Å². The Balaban J connectivity index is 2.29. The highest BCUT2D eigenvalue weighted by molar-refractivity contribution is 5.79. The molecule has 0 amide bonds. The zero-order valence-electron chi connectivity index (χ0n) is 12.6. The summed E-state index contributed by atoms with van der Waals surface area (Å²) in [5, 5.41) is 3.42.